The molecule has 1 aliphatic carbocycles. The van der Waals surface area contributed by atoms with Gasteiger partial charge in [0.05, 0.1) is 5.41 Å². The standard InChI is InChI=1S/C11H17F3O3/c1-9(2,8(15)16)5-7-3-4-10(17,6-7)11(12,13)14/h7,17H,3-6H2,1-2H3,(H,15,16). The predicted octanol–water partition coefficient (Wildman–Crippen LogP) is 2.58. The smallest absolute Gasteiger partial charge is 0.417 e. The van der Waals surface area contributed by atoms with Gasteiger partial charge in [0.1, 0.15) is 0 Å². The molecule has 0 aliphatic heterocycles. The van der Waals surface area contributed by atoms with Crippen LogP contribution in [-0.4, -0.2) is 28.0 Å². The fraction of sp³-hybridized carbons (Fsp3) is 0.909. The van der Waals surface area contributed by atoms with Crippen molar-refractivity contribution >= 4 is 5.97 Å². The minimum Gasteiger partial charge on any atom is -0.481 e. The lowest BCUT2D eigenvalue weighted by molar-refractivity contribution is -0.258. The van der Waals surface area contributed by atoms with Crippen LogP contribution in [0.2, 0.25) is 0 Å². The summed E-state index contributed by atoms with van der Waals surface area (Å²) in [6.45, 7) is 2.97. The first kappa shape index (κ1) is 14.3. The molecule has 1 saturated carbocycles. The topological polar surface area (TPSA) is 57.5 Å². The van der Waals surface area contributed by atoms with E-state index in [1.54, 1.807) is 0 Å². The molecule has 17 heavy (non-hydrogen) atoms. The number of hydrogen-bond donors (Lipinski definition) is 2. The van der Waals surface area contributed by atoms with E-state index in [1.165, 1.54) is 13.8 Å². The van der Waals surface area contributed by atoms with Crippen molar-refractivity contribution in [3.05, 3.63) is 0 Å². The van der Waals surface area contributed by atoms with Gasteiger partial charge >= 0.3 is 12.1 Å². The van der Waals surface area contributed by atoms with Crippen molar-refractivity contribution in [3.63, 3.8) is 0 Å². The van der Waals surface area contributed by atoms with Gasteiger partial charge in [0.2, 0.25) is 0 Å². The van der Waals surface area contributed by atoms with E-state index in [0.29, 0.717) is 0 Å². The Morgan fingerprint density at radius 1 is 1.41 bits per heavy atom. The highest BCUT2D eigenvalue weighted by molar-refractivity contribution is 5.73. The van der Waals surface area contributed by atoms with Gasteiger partial charge in [-0.3, -0.25) is 4.79 Å². The molecule has 2 N–H and O–H groups in total. The van der Waals surface area contributed by atoms with Crippen LogP contribution in [0.1, 0.15) is 39.5 Å². The summed E-state index contributed by atoms with van der Waals surface area (Å²) >= 11 is 0. The molecule has 1 fully saturated rings. The summed E-state index contributed by atoms with van der Waals surface area (Å²) in [4.78, 5) is 10.9. The van der Waals surface area contributed by atoms with Crippen molar-refractivity contribution in [2.24, 2.45) is 11.3 Å². The van der Waals surface area contributed by atoms with E-state index in [1.807, 2.05) is 0 Å². The van der Waals surface area contributed by atoms with E-state index < -0.39 is 35.5 Å². The van der Waals surface area contributed by atoms with Gasteiger partial charge in [-0.15, -0.1) is 0 Å². The molecule has 0 aromatic carbocycles. The van der Waals surface area contributed by atoms with E-state index in [-0.39, 0.29) is 19.3 Å². The van der Waals surface area contributed by atoms with Crippen LogP contribution in [0.4, 0.5) is 13.2 Å². The molecule has 100 valence electrons. The minimum absolute atomic E-state index is 0.153. The van der Waals surface area contributed by atoms with Crippen molar-refractivity contribution in [1.29, 1.82) is 0 Å². The van der Waals surface area contributed by atoms with Crippen LogP contribution < -0.4 is 0 Å². The number of alkyl halides is 3. The van der Waals surface area contributed by atoms with Crippen molar-refractivity contribution in [3.8, 4) is 0 Å². The molecule has 2 atom stereocenters. The molecule has 0 aromatic heterocycles. The van der Waals surface area contributed by atoms with Gasteiger partial charge in [-0.1, -0.05) is 0 Å². The third kappa shape index (κ3) is 2.91. The van der Waals surface area contributed by atoms with Crippen LogP contribution in [0.3, 0.4) is 0 Å². The molecule has 1 aliphatic rings. The van der Waals surface area contributed by atoms with Gasteiger partial charge in [-0.05, 0) is 45.4 Å². The number of halogens is 3. The molecule has 0 amide bonds. The molecule has 0 bridgehead atoms. The number of carboxylic acid groups (broad SMARTS) is 1. The third-order valence-corrected chi connectivity index (χ3v) is 3.50. The van der Waals surface area contributed by atoms with Crippen molar-refractivity contribution < 1.29 is 28.2 Å². The van der Waals surface area contributed by atoms with Crippen LogP contribution in [0, 0.1) is 11.3 Å². The molecule has 2 unspecified atom stereocenters. The Hall–Kier alpha value is -0.780. The van der Waals surface area contributed by atoms with Gasteiger partial charge in [-0.25, -0.2) is 0 Å². The molecule has 0 spiro atoms. The Morgan fingerprint density at radius 3 is 2.29 bits per heavy atom. The van der Waals surface area contributed by atoms with Crippen molar-refractivity contribution in [2.75, 3.05) is 0 Å². The fourth-order valence-electron chi connectivity index (χ4n) is 2.37. The average Bonchev–Trinajstić information content (AvgIpc) is 2.46. The van der Waals surface area contributed by atoms with Gasteiger partial charge in [0.25, 0.3) is 0 Å². The summed E-state index contributed by atoms with van der Waals surface area (Å²) in [5.74, 6) is -1.42. The lowest BCUT2D eigenvalue weighted by atomic mass is 9.81. The molecular weight excluding hydrogens is 237 g/mol. The third-order valence-electron chi connectivity index (χ3n) is 3.50. The van der Waals surface area contributed by atoms with E-state index in [9.17, 15) is 23.1 Å². The molecule has 3 nitrogen and oxygen atoms in total. The molecule has 0 saturated heterocycles. The first-order valence-corrected chi connectivity index (χ1v) is 5.50. The Kier molecular flexibility index (Phi) is 3.49. The lowest BCUT2D eigenvalue weighted by Gasteiger charge is -2.27. The zero-order valence-corrected chi connectivity index (χ0v) is 9.84. The highest BCUT2D eigenvalue weighted by Crippen LogP contribution is 2.48. The van der Waals surface area contributed by atoms with Gasteiger partial charge in [0, 0.05) is 0 Å². The van der Waals surface area contributed by atoms with Crippen LogP contribution in [0.5, 0.6) is 0 Å². The van der Waals surface area contributed by atoms with Crippen LogP contribution in [0.25, 0.3) is 0 Å². The second kappa shape index (κ2) is 4.15. The average molecular weight is 254 g/mol. The molecule has 0 radical (unpaired) electrons. The fourth-order valence-corrected chi connectivity index (χ4v) is 2.37. The Bertz CT molecular complexity index is 312. The largest absolute Gasteiger partial charge is 0.481 e. The summed E-state index contributed by atoms with van der Waals surface area (Å²) in [6, 6.07) is 0. The lowest BCUT2D eigenvalue weighted by Crippen LogP contribution is -2.42. The number of hydrogen-bond acceptors (Lipinski definition) is 2. The number of carboxylic acids is 1. The van der Waals surface area contributed by atoms with Crippen LogP contribution in [0.15, 0.2) is 0 Å². The molecule has 6 heteroatoms. The maximum absolute atomic E-state index is 12.5. The van der Waals surface area contributed by atoms with Crippen LogP contribution in [-0.2, 0) is 4.79 Å². The van der Waals surface area contributed by atoms with Crippen LogP contribution >= 0.6 is 0 Å². The zero-order valence-electron chi connectivity index (χ0n) is 9.84. The maximum Gasteiger partial charge on any atom is 0.417 e. The van der Waals surface area contributed by atoms with Gasteiger partial charge < -0.3 is 10.2 Å². The highest BCUT2D eigenvalue weighted by Gasteiger charge is 2.57. The monoisotopic (exact) mass is 254 g/mol. The molecular formula is C11H17F3O3. The van der Waals surface area contributed by atoms with E-state index >= 15 is 0 Å². The Labute approximate surface area is 97.6 Å². The summed E-state index contributed by atoms with van der Waals surface area (Å²) < 4.78 is 37.6. The van der Waals surface area contributed by atoms with E-state index in [2.05, 4.69) is 0 Å². The number of rotatable bonds is 3. The number of carbonyl (C=O) groups is 1. The first-order valence-electron chi connectivity index (χ1n) is 5.50. The molecule has 0 heterocycles. The normalized spacial score (nSPS) is 30.6. The first-order chi connectivity index (χ1) is 7.48. The SMILES string of the molecule is CC(C)(CC1CCC(O)(C(F)(F)F)C1)C(=O)O. The van der Waals surface area contributed by atoms with Crippen molar-refractivity contribution in [1.82, 2.24) is 0 Å². The summed E-state index contributed by atoms with van der Waals surface area (Å²) in [5.41, 5.74) is -3.69. The maximum atomic E-state index is 12.5. The number of aliphatic hydroxyl groups is 1. The Balaban J connectivity index is 2.67. The molecule has 1 rings (SSSR count). The number of aliphatic carboxylic acids is 1. The highest BCUT2D eigenvalue weighted by atomic mass is 19.4. The zero-order chi connectivity index (χ0) is 13.5. The second-order valence-corrected chi connectivity index (χ2v) is 5.53. The summed E-state index contributed by atoms with van der Waals surface area (Å²) in [5, 5.41) is 18.4. The van der Waals surface area contributed by atoms with Gasteiger partial charge in [-0.2, -0.15) is 13.2 Å². The van der Waals surface area contributed by atoms with Gasteiger partial charge in [0.15, 0.2) is 5.60 Å². The summed E-state index contributed by atoms with van der Waals surface area (Å²) in [7, 11) is 0. The van der Waals surface area contributed by atoms with Crippen molar-refractivity contribution in [2.45, 2.75) is 51.3 Å². The minimum atomic E-state index is -4.63. The predicted molar refractivity (Wildman–Crippen MR) is 54.4 cm³/mol. The molecule has 0 aromatic rings. The Morgan fingerprint density at radius 2 is 1.94 bits per heavy atom. The van der Waals surface area contributed by atoms with E-state index in [0.717, 1.165) is 0 Å². The summed E-state index contributed by atoms with van der Waals surface area (Å²) in [6.07, 6.45) is -4.99. The van der Waals surface area contributed by atoms with E-state index in [4.69, 9.17) is 5.11 Å². The second-order valence-electron chi connectivity index (χ2n) is 5.53. The quantitative estimate of drug-likeness (QED) is 0.813.